The number of aryl methyl sites for hydroxylation is 2. The van der Waals surface area contributed by atoms with Crippen LogP contribution in [0, 0.1) is 31.0 Å². The first-order valence-electron chi connectivity index (χ1n) is 40.6. The second-order valence-electron chi connectivity index (χ2n) is 31.6. The molecule has 31 heteroatoms. The molecule has 7 aromatic carbocycles. The van der Waals surface area contributed by atoms with Gasteiger partial charge in [-0.05, 0) is 159 Å². The lowest BCUT2D eigenvalue weighted by Crippen LogP contribution is -2.50. The number of methoxy groups -OCH3 is 2. The van der Waals surface area contributed by atoms with Gasteiger partial charge in [-0.1, -0.05) is 71.7 Å². The molecule has 13 heterocycles. The Morgan fingerprint density at radius 3 is 1.42 bits per heavy atom. The minimum Gasteiger partial charge on any atom is -0.504 e. The topological polar surface area (TPSA) is 242 Å². The van der Waals surface area contributed by atoms with E-state index < -0.39 is 46.7 Å². The maximum absolute atomic E-state index is 14.1. The molecule has 5 aromatic heterocycles. The number of carbonyl (C=O) groups excluding carboxylic acids is 4. The summed E-state index contributed by atoms with van der Waals surface area (Å²) in [4.78, 5) is 74.2. The van der Waals surface area contributed by atoms with Gasteiger partial charge in [-0.25, -0.2) is 4.39 Å². The lowest BCUT2D eigenvalue weighted by Gasteiger charge is -2.45. The Balaban J connectivity index is 0.000000123. The maximum atomic E-state index is 14.1. The Bertz CT molecular complexity index is 6320. The van der Waals surface area contributed by atoms with Crippen LogP contribution in [0.15, 0.2) is 217 Å². The molecule has 644 valence electrons. The minimum atomic E-state index is -4.52. The van der Waals surface area contributed by atoms with Gasteiger partial charge in [0.05, 0.1) is 76.4 Å². The van der Waals surface area contributed by atoms with E-state index in [-0.39, 0.29) is 89.0 Å². The highest BCUT2D eigenvalue weighted by atomic mass is 35.5. The fourth-order valence-corrected chi connectivity index (χ4v) is 18.8. The molecule has 20 rings (SSSR count). The van der Waals surface area contributed by atoms with Crippen LogP contribution in [0.5, 0.6) is 46.0 Å². The molecule has 0 radical (unpaired) electrons. The largest absolute Gasteiger partial charge is 0.504 e. The van der Waals surface area contributed by atoms with Crippen molar-refractivity contribution in [3.8, 4) is 74.8 Å². The first kappa shape index (κ1) is 83.8. The van der Waals surface area contributed by atoms with E-state index in [1.165, 1.54) is 55.2 Å². The number of phenols is 1. The quantitative estimate of drug-likeness (QED) is 0.134. The highest BCUT2D eigenvalue weighted by molar-refractivity contribution is 6.31. The molecule has 0 atom stereocenters. The number of halogens is 8. The number of amides is 4. The third-order valence-corrected chi connectivity index (χ3v) is 25.0. The predicted molar refractivity (Wildman–Crippen MR) is 452 cm³/mol. The number of para-hydroxylation sites is 7. The van der Waals surface area contributed by atoms with Crippen molar-refractivity contribution in [2.45, 2.75) is 100 Å². The van der Waals surface area contributed by atoms with Crippen LogP contribution in [0.25, 0.3) is 22.7 Å². The van der Waals surface area contributed by atoms with Crippen molar-refractivity contribution >= 4 is 46.8 Å². The molecule has 0 unspecified atom stereocenters. The highest BCUT2D eigenvalue weighted by Crippen LogP contribution is 2.53. The van der Waals surface area contributed by atoms with Gasteiger partial charge in [-0.3, -0.25) is 28.5 Å². The molecule has 2 N–H and O–H groups in total. The van der Waals surface area contributed by atoms with Crippen LogP contribution in [-0.4, -0.2) is 145 Å². The summed E-state index contributed by atoms with van der Waals surface area (Å²) in [6.45, 7) is 3.89. The van der Waals surface area contributed by atoms with Crippen molar-refractivity contribution in [2.24, 2.45) is 0 Å². The fourth-order valence-electron chi connectivity index (χ4n) is 18.5. The number of aromatic amines is 1. The van der Waals surface area contributed by atoms with Gasteiger partial charge in [0.15, 0.2) is 45.5 Å². The summed E-state index contributed by atoms with van der Waals surface area (Å²) in [5.41, 5.74) is 5.50. The molecule has 125 heavy (non-hydrogen) atoms. The summed E-state index contributed by atoms with van der Waals surface area (Å²) in [6, 6.07) is 59.0. The number of nitrogens with one attached hydrogen (secondary N) is 1. The number of nitrogens with zero attached hydrogens (tertiary/aromatic N) is 9. The van der Waals surface area contributed by atoms with Crippen molar-refractivity contribution < 1.29 is 85.2 Å². The SMILES string of the molecule is COc1c(F)cccc1C(=O)N1CCC2(CC1)Oc1ccccc1-n1c(C#N)ccc12.COc1c(O)cccc1C(=O)N1CCC2(CC1)Oc1ccccc1-n1c(C(F)(F)F)ccc12.Cc1cc(C)c(C(=O)N2CCC3(CC2)Oc2cc(Cl)ccc2-n2cccc23)c(=O)[nH]1.O=C(c1ccccc1OC(F)F)N1CCC2(CC1)Oc1cc(Cl)ccc1-n1cccc12.[HH]. The molecule has 0 bridgehead atoms. The number of aromatic nitrogens is 5. The van der Waals surface area contributed by atoms with Gasteiger partial charge in [0.25, 0.3) is 29.2 Å². The van der Waals surface area contributed by atoms with E-state index >= 15 is 0 Å². The number of rotatable bonds is 8. The molecule has 0 aliphatic carbocycles. The van der Waals surface area contributed by atoms with Crippen LogP contribution in [-0.2, 0) is 28.6 Å². The van der Waals surface area contributed by atoms with Gasteiger partial charge in [0, 0.05) is 145 Å². The van der Waals surface area contributed by atoms with E-state index in [9.17, 15) is 60.7 Å². The molecule has 8 aliphatic heterocycles. The van der Waals surface area contributed by atoms with Crippen molar-refractivity contribution in [1.82, 2.24) is 42.9 Å². The smallest absolute Gasteiger partial charge is 0.431 e. The number of nitriles is 1. The van der Waals surface area contributed by atoms with Gasteiger partial charge >= 0.3 is 12.8 Å². The zero-order chi connectivity index (χ0) is 87.6. The van der Waals surface area contributed by atoms with E-state index in [4.69, 9.17) is 51.6 Å². The van der Waals surface area contributed by atoms with Crippen LogP contribution in [0.4, 0.5) is 26.3 Å². The van der Waals surface area contributed by atoms with E-state index in [0.29, 0.717) is 141 Å². The highest BCUT2D eigenvalue weighted by Gasteiger charge is 2.52. The number of piperidine rings is 4. The van der Waals surface area contributed by atoms with Gasteiger partial charge in [-0.15, -0.1) is 0 Å². The summed E-state index contributed by atoms with van der Waals surface area (Å²) < 4.78 is 129. The molecule has 12 aromatic rings. The third kappa shape index (κ3) is 15.3. The molecule has 4 spiro atoms. The predicted octanol–water partition coefficient (Wildman–Crippen LogP) is 18.2. The molecule has 8 aliphatic rings. The number of hydrogen-bond acceptors (Lipinski definition) is 14. The monoisotopic (exact) mass is 1740 g/mol. The number of H-pyrrole nitrogens is 1. The number of ether oxygens (including phenoxy) is 7. The Kier molecular flexibility index (Phi) is 22.3. The second-order valence-corrected chi connectivity index (χ2v) is 32.5. The normalized spacial score (nSPS) is 16.5. The maximum Gasteiger partial charge on any atom is 0.431 e. The fraction of sp³-hybridized carbons (Fsp3) is 0.277. The molecular weight excluding hydrogens is 1660 g/mol. The summed E-state index contributed by atoms with van der Waals surface area (Å²) in [5, 5.41) is 20.8. The number of carbonyl (C=O) groups is 4. The first-order chi connectivity index (χ1) is 60.2. The molecular formula is C94H84Cl2F6N10O13. The number of hydrogen-bond donors (Lipinski definition) is 2. The van der Waals surface area contributed by atoms with Gasteiger partial charge in [-0.2, -0.15) is 27.2 Å². The molecule has 23 nitrogen and oxygen atoms in total. The average Bonchev–Trinajstić information content (AvgIpc) is 1.51. The number of fused-ring (bicyclic) bond motifs is 16. The Morgan fingerprint density at radius 2 is 0.928 bits per heavy atom. The van der Waals surface area contributed by atoms with E-state index in [0.717, 1.165) is 51.7 Å². The summed E-state index contributed by atoms with van der Waals surface area (Å²) >= 11 is 12.4. The van der Waals surface area contributed by atoms with Crippen LogP contribution >= 0.6 is 23.2 Å². The van der Waals surface area contributed by atoms with Gasteiger partial charge in [0.1, 0.15) is 51.8 Å². The van der Waals surface area contributed by atoms with Crippen LogP contribution in [0.2, 0.25) is 10.0 Å². The standard InChI is InChI=1S/C24H21F3N2O4.C24H20FN3O3.C23H19ClF2N2O3.C23H22ClN3O3.H2/c1-32-21-15(5-4-7-17(21)30)22(31)28-13-11-23(12-14-28)19-9-10-20(24(25,26)27)29(19)16-6-2-3-8-18(16)33-23;1-30-22-17(5-4-6-18(22)25)23(29)27-13-11-24(12-14-27)21-10-9-16(15-26)28(21)19-7-2-3-8-20(19)31-24;24-15-7-8-17-19(14-15)31-23(20-6-3-11-28(17)20)9-12-27(13-10-23)21(29)16-4-1-2-5-18(16)30-22(25)26;1-14-12-15(2)25-21(28)20(14)22(29)26-10-7-23(8-11-26)19-4-3-9-27(19)17-6-5-16(24)13-18(17)30-23;/h2-10,30H,11-14H2,1H3;2-10H,11-14H2,1H3;1-8,11,14,22H,9-10,12-13H2;3-6,9,12-13H,7-8,10-11H2,1-2H3,(H,25,28);1H. The molecule has 4 saturated heterocycles. The van der Waals surface area contributed by atoms with Gasteiger partial charge < -0.3 is 76.5 Å². The minimum absolute atomic E-state index is 0. The lowest BCUT2D eigenvalue weighted by atomic mass is 9.86. The number of pyridine rings is 1. The van der Waals surface area contributed by atoms with Gasteiger partial charge in [0.2, 0.25) is 0 Å². The van der Waals surface area contributed by atoms with Crippen molar-refractivity contribution in [3.63, 3.8) is 0 Å². The number of likely N-dealkylation sites (tertiary alicyclic amines) is 4. The van der Waals surface area contributed by atoms with Crippen molar-refractivity contribution in [2.75, 3.05) is 66.6 Å². The van der Waals surface area contributed by atoms with Crippen molar-refractivity contribution in [3.05, 3.63) is 306 Å². The third-order valence-electron chi connectivity index (χ3n) is 24.5. The van der Waals surface area contributed by atoms with Crippen LogP contribution in [0.3, 0.4) is 0 Å². The number of alkyl halides is 5. The van der Waals surface area contributed by atoms with E-state index in [2.05, 4.69) is 31.0 Å². The summed E-state index contributed by atoms with van der Waals surface area (Å²) in [6.07, 6.45) is 3.63. The van der Waals surface area contributed by atoms with Crippen molar-refractivity contribution in [1.29, 1.82) is 5.26 Å². The summed E-state index contributed by atoms with van der Waals surface area (Å²) in [7, 11) is 2.73. The summed E-state index contributed by atoms with van der Waals surface area (Å²) in [5.74, 6) is 0.637. The first-order valence-corrected chi connectivity index (χ1v) is 41.4. The molecule has 4 amide bonds. The molecule has 4 fully saturated rings. The number of aromatic hydroxyl groups is 1. The van der Waals surface area contributed by atoms with E-state index in [1.807, 2.05) is 109 Å². The van der Waals surface area contributed by atoms with E-state index in [1.54, 1.807) is 93.3 Å². The lowest BCUT2D eigenvalue weighted by molar-refractivity contribution is -0.143. The Hall–Kier alpha value is -13.5. The number of benzene rings is 7. The average molecular weight is 1750 g/mol. The zero-order valence-corrected chi connectivity index (χ0v) is 69.5. The number of phenolic OH excluding ortho intramolecular Hbond substituents is 1. The van der Waals surface area contributed by atoms with Crippen LogP contribution in [0.1, 0.15) is 140 Å². The van der Waals surface area contributed by atoms with Crippen LogP contribution < -0.4 is 38.7 Å². The second kappa shape index (κ2) is 33.3. The Labute approximate surface area is 724 Å². The zero-order valence-electron chi connectivity index (χ0n) is 68.0. The Morgan fingerprint density at radius 1 is 0.496 bits per heavy atom. The molecule has 0 saturated carbocycles.